The van der Waals surface area contributed by atoms with Gasteiger partial charge in [0.1, 0.15) is 26.2 Å². The minimum Gasteiger partial charge on any atom is -0.372 e. The summed E-state index contributed by atoms with van der Waals surface area (Å²) >= 11 is 0. The zero-order valence-electron chi connectivity index (χ0n) is 13.4. The lowest BCUT2D eigenvalue weighted by atomic mass is 9.94. The molecule has 2 aliphatic heterocycles. The third-order valence-corrected chi connectivity index (χ3v) is 5.03. The third kappa shape index (κ3) is 3.07. The maximum Gasteiger partial charge on any atom is 0.163 e. The molecule has 0 unspecified atom stereocenters. The quantitative estimate of drug-likeness (QED) is 0.789. The van der Waals surface area contributed by atoms with Gasteiger partial charge in [-0.25, -0.2) is 0 Å². The van der Waals surface area contributed by atoms with Crippen LogP contribution in [0.5, 0.6) is 0 Å². The molecule has 21 heavy (non-hydrogen) atoms. The largest absolute Gasteiger partial charge is 0.372 e. The summed E-state index contributed by atoms with van der Waals surface area (Å²) < 4.78 is 5.52. The minimum atomic E-state index is 0.642. The number of ether oxygens (including phenoxy) is 1. The fraction of sp³-hybridized carbons (Fsp3) is 0.647. The predicted octanol–water partition coefficient (Wildman–Crippen LogP) is -0.434. The molecule has 1 aromatic rings. The van der Waals surface area contributed by atoms with Crippen LogP contribution in [0.1, 0.15) is 31.0 Å². The first-order chi connectivity index (χ1) is 10.3. The number of rotatable bonds is 4. The Kier molecular flexibility index (Phi) is 4.78. The van der Waals surface area contributed by atoms with Crippen molar-refractivity contribution in [3.8, 4) is 0 Å². The van der Waals surface area contributed by atoms with Crippen molar-refractivity contribution in [2.24, 2.45) is 0 Å². The van der Waals surface area contributed by atoms with Crippen molar-refractivity contribution >= 4 is 5.69 Å². The van der Waals surface area contributed by atoms with E-state index in [1.54, 1.807) is 10.5 Å². The Morgan fingerprint density at radius 2 is 2.00 bits per heavy atom. The summed E-state index contributed by atoms with van der Waals surface area (Å²) in [5.41, 5.74) is 4.49. The van der Waals surface area contributed by atoms with Crippen LogP contribution in [-0.2, 0) is 11.3 Å². The lowest BCUT2D eigenvalue weighted by molar-refractivity contribution is -0.954. The topological polar surface area (TPSA) is 33.5 Å². The van der Waals surface area contributed by atoms with E-state index >= 15 is 0 Å². The van der Waals surface area contributed by atoms with Crippen LogP contribution in [0.25, 0.3) is 0 Å². The van der Waals surface area contributed by atoms with Gasteiger partial charge < -0.3 is 19.9 Å². The van der Waals surface area contributed by atoms with Gasteiger partial charge >= 0.3 is 0 Å². The highest BCUT2D eigenvalue weighted by Crippen LogP contribution is 2.24. The molecule has 0 aliphatic carbocycles. The molecule has 3 rings (SSSR count). The van der Waals surface area contributed by atoms with Crippen molar-refractivity contribution < 1.29 is 15.0 Å². The molecule has 4 nitrogen and oxygen atoms in total. The first-order valence-electron chi connectivity index (χ1n) is 8.45. The second-order valence-electron chi connectivity index (χ2n) is 6.11. The summed E-state index contributed by atoms with van der Waals surface area (Å²) in [6.07, 6.45) is 0. The Labute approximate surface area is 128 Å². The minimum absolute atomic E-state index is 0.642. The number of nitrogens with two attached hydrogens (primary N) is 1. The van der Waals surface area contributed by atoms with Crippen LogP contribution in [0, 0.1) is 0 Å². The molecule has 0 bridgehead atoms. The second kappa shape index (κ2) is 6.77. The van der Waals surface area contributed by atoms with E-state index in [4.69, 9.17) is 4.74 Å². The Morgan fingerprint density at radius 3 is 2.71 bits per heavy atom. The average Bonchev–Trinajstić information content (AvgIpc) is 2.56. The fourth-order valence-corrected chi connectivity index (χ4v) is 3.80. The first kappa shape index (κ1) is 14.8. The van der Waals surface area contributed by atoms with Gasteiger partial charge in [0, 0.05) is 29.9 Å². The monoisotopic (exact) mass is 291 g/mol. The maximum absolute atomic E-state index is 5.52. The van der Waals surface area contributed by atoms with E-state index in [-0.39, 0.29) is 0 Å². The molecule has 1 fully saturated rings. The Bertz CT molecular complexity index is 467. The lowest BCUT2D eigenvalue weighted by Crippen LogP contribution is -3.17. The molecule has 116 valence electrons. The third-order valence-electron chi connectivity index (χ3n) is 5.03. The Morgan fingerprint density at radius 1 is 1.24 bits per heavy atom. The maximum atomic E-state index is 5.52. The van der Waals surface area contributed by atoms with Crippen LogP contribution in [0.15, 0.2) is 18.2 Å². The second-order valence-corrected chi connectivity index (χ2v) is 6.11. The molecular weight excluding hydrogens is 262 g/mol. The summed E-state index contributed by atoms with van der Waals surface area (Å²) in [4.78, 5) is 4.14. The van der Waals surface area contributed by atoms with Crippen molar-refractivity contribution in [3.05, 3.63) is 29.3 Å². The zero-order chi connectivity index (χ0) is 14.7. The number of hydrogen-bond donors (Lipinski definition) is 2. The molecule has 1 saturated heterocycles. The molecule has 3 N–H and O–H groups in total. The number of hydrogen-bond acceptors (Lipinski definition) is 2. The molecule has 1 aromatic carbocycles. The molecule has 0 amide bonds. The molecule has 0 radical (unpaired) electrons. The zero-order valence-corrected chi connectivity index (χ0v) is 13.4. The smallest absolute Gasteiger partial charge is 0.163 e. The highest BCUT2D eigenvalue weighted by Gasteiger charge is 2.32. The van der Waals surface area contributed by atoms with Crippen molar-refractivity contribution in [2.45, 2.75) is 26.4 Å². The van der Waals surface area contributed by atoms with E-state index in [2.05, 4.69) is 42.3 Å². The van der Waals surface area contributed by atoms with Crippen molar-refractivity contribution in [2.75, 3.05) is 50.8 Å². The lowest BCUT2D eigenvalue weighted by Gasteiger charge is -2.34. The Hall–Kier alpha value is -1.10. The molecular formula is C17H29N3O+2. The summed E-state index contributed by atoms with van der Waals surface area (Å²) in [5, 5.41) is 2.47. The highest BCUT2D eigenvalue weighted by molar-refractivity contribution is 5.51. The number of nitrogens with one attached hydrogen (secondary N) is 1. The van der Waals surface area contributed by atoms with Crippen LogP contribution < -0.4 is 15.1 Å². The van der Waals surface area contributed by atoms with Gasteiger partial charge in [0.15, 0.2) is 6.04 Å². The van der Waals surface area contributed by atoms with Gasteiger partial charge in [-0.1, -0.05) is 6.07 Å². The van der Waals surface area contributed by atoms with E-state index in [1.165, 1.54) is 17.8 Å². The predicted molar refractivity (Wildman–Crippen MR) is 84.8 cm³/mol. The molecule has 0 aromatic heterocycles. The fourth-order valence-electron chi connectivity index (χ4n) is 3.80. The van der Waals surface area contributed by atoms with Crippen LogP contribution in [0.4, 0.5) is 5.69 Å². The summed E-state index contributed by atoms with van der Waals surface area (Å²) in [6.45, 7) is 13.1. The van der Waals surface area contributed by atoms with Crippen LogP contribution in [-0.4, -0.2) is 45.9 Å². The van der Waals surface area contributed by atoms with Gasteiger partial charge in [-0.3, -0.25) is 0 Å². The van der Waals surface area contributed by atoms with Gasteiger partial charge in [-0.05, 0) is 26.0 Å². The average molecular weight is 291 g/mol. The van der Waals surface area contributed by atoms with Crippen LogP contribution in [0.2, 0.25) is 0 Å². The van der Waals surface area contributed by atoms with Crippen molar-refractivity contribution in [1.82, 2.24) is 0 Å². The number of nitrogens with zero attached hydrogens (tertiary/aromatic N) is 1. The highest BCUT2D eigenvalue weighted by atomic mass is 16.5. The van der Waals surface area contributed by atoms with Gasteiger partial charge in [-0.15, -0.1) is 0 Å². The van der Waals surface area contributed by atoms with E-state index in [1.807, 2.05) is 0 Å². The standard InChI is InChI=1S/C17H27N3O/c1-3-19(4-2)15-5-6-16-14(11-15)12-18-13-17(16)20-7-9-21-10-8-20/h5-6,11,17-18H,3-4,7-10,12-13H2,1-2H3/p+2/t17-/m0/s1. The Balaban J connectivity index is 1.84. The number of benzene rings is 1. The number of anilines is 1. The molecule has 2 aliphatic rings. The van der Waals surface area contributed by atoms with Crippen molar-refractivity contribution in [3.63, 3.8) is 0 Å². The van der Waals surface area contributed by atoms with Gasteiger partial charge in [0.25, 0.3) is 0 Å². The molecule has 4 heteroatoms. The van der Waals surface area contributed by atoms with E-state index in [0.29, 0.717) is 6.04 Å². The SMILES string of the molecule is CCN(CC)c1ccc2c(c1)C[NH2+]C[C@@H]2[NH+]1CCOCC1. The van der Waals surface area contributed by atoms with E-state index < -0.39 is 0 Å². The van der Waals surface area contributed by atoms with E-state index in [0.717, 1.165) is 45.9 Å². The molecule has 0 saturated carbocycles. The van der Waals surface area contributed by atoms with Crippen LogP contribution >= 0.6 is 0 Å². The molecule has 1 atom stereocenters. The van der Waals surface area contributed by atoms with Gasteiger partial charge in [0.05, 0.1) is 13.2 Å². The molecule has 0 spiro atoms. The number of morpholine rings is 1. The van der Waals surface area contributed by atoms with Crippen molar-refractivity contribution in [1.29, 1.82) is 0 Å². The van der Waals surface area contributed by atoms with Crippen LogP contribution in [0.3, 0.4) is 0 Å². The van der Waals surface area contributed by atoms with Gasteiger partial charge in [-0.2, -0.15) is 0 Å². The van der Waals surface area contributed by atoms with Gasteiger partial charge in [0.2, 0.25) is 0 Å². The first-order valence-corrected chi connectivity index (χ1v) is 8.45. The summed E-state index contributed by atoms with van der Waals surface area (Å²) in [6, 6.07) is 7.78. The summed E-state index contributed by atoms with van der Waals surface area (Å²) in [5.74, 6) is 0. The number of fused-ring (bicyclic) bond motifs is 1. The van der Waals surface area contributed by atoms with E-state index in [9.17, 15) is 0 Å². The normalized spacial score (nSPS) is 22.9. The summed E-state index contributed by atoms with van der Waals surface area (Å²) in [7, 11) is 0. The molecule has 2 heterocycles. The number of quaternary nitrogens is 2.